The number of nitrogens with zero attached hydrogens (tertiary/aromatic N) is 1. The Morgan fingerprint density at radius 2 is 1.70 bits per heavy atom. The summed E-state index contributed by atoms with van der Waals surface area (Å²) in [6, 6.07) is 10.3. The topological polar surface area (TPSA) is 81.5 Å². The zero-order valence-corrected chi connectivity index (χ0v) is 18.2. The Morgan fingerprint density at radius 1 is 1.13 bits per heavy atom. The van der Waals surface area contributed by atoms with Gasteiger partial charge in [0.2, 0.25) is 5.91 Å². The number of ether oxygens (including phenoxy) is 1. The lowest BCUT2D eigenvalue weighted by Gasteiger charge is -2.28. The largest absolute Gasteiger partial charge is 0.493 e. The molecular formula is C24H30N2O4. The van der Waals surface area contributed by atoms with E-state index in [-0.39, 0.29) is 11.6 Å². The minimum atomic E-state index is -0.649. The molecule has 1 saturated carbocycles. The van der Waals surface area contributed by atoms with Crippen LogP contribution in [0.4, 0.5) is 11.4 Å². The van der Waals surface area contributed by atoms with Crippen LogP contribution in [-0.4, -0.2) is 17.4 Å². The van der Waals surface area contributed by atoms with Gasteiger partial charge in [0.1, 0.15) is 5.75 Å². The smallest absolute Gasteiger partial charge is 0.269 e. The first kappa shape index (κ1) is 21.8. The number of non-ortho nitro benzene ring substituents is 1. The SMILES string of the molecule is Cc1cc(NC(=O)C2(c3ccc([N+](=O)[O-])cc3)CCCC2)cc(C)c1OCC(C)C. The Hall–Kier alpha value is -2.89. The first-order valence-corrected chi connectivity index (χ1v) is 10.5. The van der Waals surface area contributed by atoms with Gasteiger partial charge in [0, 0.05) is 17.8 Å². The highest BCUT2D eigenvalue weighted by Gasteiger charge is 2.43. The van der Waals surface area contributed by atoms with E-state index in [9.17, 15) is 14.9 Å². The molecule has 1 N–H and O–H groups in total. The molecule has 0 bridgehead atoms. The van der Waals surface area contributed by atoms with Crippen molar-refractivity contribution in [3.8, 4) is 5.75 Å². The predicted molar refractivity (Wildman–Crippen MR) is 118 cm³/mol. The predicted octanol–water partition coefficient (Wildman–Crippen LogP) is 5.70. The standard InChI is InChI=1S/C24H30N2O4/c1-16(2)15-30-22-17(3)13-20(14-18(22)4)25-23(27)24(11-5-6-12-24)19-7-9-21(10-8-19)26(28)29/h7-10,13-14,16H,5-6,11-12,15H2,1-4H3,(H,25,27). The number of anilines is 1. The molecule has 160 valence electrons. The van der Waals surface area contributed by atoms with Crippen molar-refractivity contribution < 1.29 is 14.5 Å². The number of amides is 1. The van der Waals surface area contributed by atoms with E-state index in [0.29, 0.717) is 12.5 Å². The molecule has 0 radical (unpaired) electrons. The number of aryl methyl sites for hydroxylation is 2. The average molecular weight is 411 g/mol. The van der Waals surface area contributed by atoms with Crippen molar-refractivity contribution in [1.29, 1.82) is 0 Å². The molecule has 1 aliphatic rings. The maximum atomic E-state index is 13.4. The van der Waals surface area contributed by atoms with Gasteiger partial charge in [-0.1, -0.05) is 38.8 Å². The quantitative estimate of drug-likeness (QED) is 0.469. The summed E-state index contributed by atoms with van der Waals surface area (Å²) in [6.45, 7) is 8.84. The molecule has 30 heavy (non-hydrogen) atoms. The molecule has 1 amide bonds. The summed E-state index contributed by atoms with van der Waals surface area (Å²) < 4.78 is 5.94. The van der Waals surface area contributed by atoms with Crippen molar-refractivity contribution in [3.63, 3.8) is 0 Å². The van der Waals surface area contributed by atoms with E-state index in [0.717, 1.165) is 53.8 Å². The van der Waals surface area contributed by atoms with E-state index in [1.54, 1.807) is 12.1 Å². The fraction of sp³-hybridized carbons (Fsp3) is 0.458. The molecule has 0 unspecified atom stereocenters. The summed E-state index contributed by atoms with van der Waals surface area (Å²) >= 11 is 0. The number of carbonyl (C=O) groups is 1. The normalized spacial score (nSPS) is 15.2. The molecule has 2 aromatic carbocycles. The Balaban J connectivity index is 1.84. The van der Waals surface area contributed by atoms with E-state index in [4.69, 9.17) is 4.74 Å². The number of carbonyl (C=O) groups excluding carboxylic acids is 1. The number of hydrogen-bond acceptors (Lipinski definition) is 4. The van der Waals surface area contributed by atoms with Crippen LogP contribution in [-0.2, 0) is 10.2 Å². The Bertz CT molecular complexity index is 906. The van der Waals surface area contributed by atoms with Crippen molar-refractivity contribution in [2.45, 2.75) is 58.8 Å². The highest BCUT2D eigenvalue weighted by molar-refractivity contribution is 5.99. The third kappa shape index (κ3) is 4.48. The van der Waals surface area contributed by atoms with Gasteiger partial charge in [0.15, 0.2) is 0 Å². The fourth-order valence-corrected chi connectivity index (χ4v) is 4.28. The third-order valence-corrected chi connectivity index (χ3v) is 5.80. The molecule has 2 aromatic rings. The van der Waals surface area contributed by atoms with Crippen LogP contribution in [0.1, 0.15) is 56.2 Å². The Kier molecular flexibility index (Phi) is 6.44. The second kappa shape index (κ2) is 8.86. The number of nitrogens with one attached hydrogen (secondary N) is 1. The molecule has 0 aliphatic heterocycles. The summed E-state index contributed by atoms with van der Waals surface area (Å²) in [5.74, 6) is 1.25. The summed E-state index contributed by atoms with van der Waals surface area (Å²) in [5, 5.41) is 14.1. The van der Waals surface area contributed by atoms with Crippen molar-refractivity contribution in [3.05, 3.63) is 63.2 Å². The van der Waals surface area contributed by atoms with Gasteiger partial charge in [-0.25, -0.2) is 0 Å². The van der Waals surface area contributed by atoms with Gasteiger partial charge in [-0.2, -0.15) is 0 Å². The van der Waals surface area contributed by atoms with Crippen LogP contribution in [0.25, 0.3) is 0 Å². The van der Waals surface area contributed by atoms with Crippen LogP contribution in [0, 0.1) is 29.9 Å². The number of nitro groups is 1. The van der Waals surface area contributed by atoms with E-state index < -0.39 is 10.3 Å². The molecular weight excluding hydrogens is 380 g/mol. The number of rotatable bonds is 7. The van der Waals surface area contributed by atoms with Crippen LogP contribution in [0.3, 0.4) is 0 Å². The van der Waals surface area contributed by atoms with Gasteiger partial charge in [0.05, 0.1) is 16.9 Å². The summed E-state index contributed by atoms with van der Waals surface area (Å²) in [7, 11) is 0. The van der Waals surface area contributed by atoms with Crippen molar-refractivity contribution in [2.75, 3.05) is 11.9 Å². The Morgan fingerprint density at radius 3 is 2.20 bits per heavy atom. The highest BCUT2D eigenvalue weighted by atomic mass is 16.6. The van der Waals surface area contributed by atoms with Crippen molar-refractivity contribution >= 4 is 17.3 Å². The zero-order valence-electron chi connectivity index (χ0n) is 18.2. The first-order chi connectivity index (χ1) is 14.2. The van der Waals surface area contributed by atoms with Gasteiger partial charge in [0.25, 0.3) is 5.69 Å². The van der Waals surface area contributed by atoms with Crippen molar-refractivity contribution in [1.82, 2.24) is 0 Å². The maximum Gasteiger partial charge on any atom is 0.269 e. The van der Waals surface area contributed by atoms with E-state index in [2.05, 4.69) is 19.2 Å². The maximum absolute atomic E-state index is 13.4. The minimum Gasteiger partial charge on any atom is -0.493 e. The third-order valence-electron chi connectivity index (χ3n) is 5.80. The number of benzene rings is 2. The molecule has 0 saturated heterocycles. The summed E-state index contributed by atoms with van der Waals surface area (Å²) in [4.78, 5) is 24.0. The molecule has 0 spiro atoms. The summed E-state index contributed by atoms with van der Waals surface area (Å²) in [6.07, 6.45) is 3.41. The number of nitro benzene ring substituents is 1. The second-order valence-electron chi connectivity index (χ2n) is 8.69. The fourth-order valence-electron chi connectivity index (χ4n) is 4.28. The minimum absolute atomic E-state index is 0.0375. The first-order valence-electron chi connectivity index (χ1n) is 10.5. The van der Waals surface area contributed by atoms with Gasteiger partial charge >= 0.3 is 0 Å². The van der Waals surface area contributed by atoms with Crippen LogP contribution in [0.15, 0.2) is 36.4 Å². The highest BCUT2D eigenvalue weighted by Crippen LogP contribution is 2.42. The van der Waals surface area contributed by atoms with Gasteiger partial charge in [-0.05, 0) is 61.4 Å². The molecule has 1 fully saturated rings. The van der Waals surface area contributed by atoms with Crippen LogP contribution in [0.5, 0.6) is 5.75 Å². The summed E-state index contributed by atoms with van der Waals surface area (Å²) in [5.41, 5.74) is 2.96. The Labute approximate surface area is 177 Å². The van der Waals surface area contributed by atoms with Crippen molar-refractivity contribution in [2.24, 2.45) is 5.92 Å². The molecule has 1 aliphatic carbocycles. The zero-order chi connectivity index (χ0) is 21.9. The molecule has 6 nitrogen and oxygen atoms in total. The van der Waals surface area contributed by atoms with Crippen LogP contribution in [0.2, 0.25) is 0 Å². The van der Waals surface area contributed by atoms with E-state index in [1.165, 1.54) is 12.1 Å². The van der Waals surface area contributed by atoms with Crippen LogP contribution < -0.4 is 10.1 Å². The van der Waals surface area contributed by atoms with Gasteiger partial charge < -0.3 is 10.1 Å². The molecule has 6 heteroatoms. The lowest BCUT2D eigenvalue weighted by molar-refractivity contribution is -0.384. The van der Waals surface area contributed by atoms with Gasteiger partial charge in [-0.3, -0.25) is 14.9 Å². The molecule has 3 rings (SSSR count). The molecule has 0 aromatic heterocycles. The lowest BCUT2D eigenvalue weighted by Crippen LogP contribution is -2.38. The van der Waals surface area contributed by atoms with E-state index >= 15 is 0 Å². The number of hydrogen-bond donors (Lipinski definition) is 1. The molecule has 0 atom stereocenters. The van der Waals surface area contributed by atoms with E-state index in [1.807, 2.05) is 26.0 Å². The van der Waals surface area contributed by atoms with Gasteiger partial charge in [-0.15, -0.1) is 0 Å². The molecule has 0 heterocycles. The lowest BCUT2D eigenvalue weighted by atomic mass is 9.78. The second-order valence-corrected chi connectivity index (χ2v) is 8.69. The monoisotopic (exact) mass is 410 g/mol. The average Bonchev–Trinajstić information content (AvgIpc) is 3.18. The van der Waals surface area contributed by atoms with Crippen LogP contribution >= 0.6 is 0 Å².